The molecule has 0 fully saturated rings. The summed E-state index contributed by atoms with van der Waals surface area (Å²) in [4.78, 5) is 31.6. The number of carboxylic acid groups (broad SMARTS) is 1. The zero-order chi connectivity index (χ0) is 15.1. The third kappa shape index (κ3) is 4.97. The smallest absolute Gasteiger partial charge is 0.321 e. The number of nitrogens with zero attached hydrogens (tertiary/aromatic N) is 2. The van der Waals surface area contributed by atoms with Gasteiger partial charge >= 0.3 is 5.97 Å². The molecule has 7 heteroatoms. The minimum Gasteiger partial charge on any atom is -0.480 e. The number of likely N-dealkylation sites (N-methyl/N-ethyl adjacent to an activating group) is 1. The zero-order valence-electron chi connectivity index (χ0n) is 12.0. The van der Waals surface area contributed by atoms with Crippen molar-refractivity contribution in [1.82, 2.24) is 14.9 Å². The number of aliphatic carboxylic acids is 1. The molecule has 1 heterocycles. The first kappa shape index (κ1) is 16.7. The summed E-state index contributed by atoms with van der Waals surface area (Å²) in [6.45, 7) is 2.03. The highest BCUT2D eigenvalue weighted by Crippen LogP contribution is 2.23. The van der Waals surface area contributed by atoms with Crippen molar-refractivity contribution in [2.24, 2.45) is 0 Å². The summed E-state index contributed by atoms with van der Waals surface area (Å²) in [5.41, 5.74) is 0.695. The van der Waals surface area contributed by atoms with Gasteiger partial charge in [0.1, 0.15) is 11.1 Å². The Balaban J connectivity index is 2.71. The van der Waals surface area contributed by atoms with Gasteiger partial charge in [-0.15, -0.1) is 0 Å². The highest BCUT2D eigenvalue weighted by molar-refractivity contribution is 8.13. The van der Waals surface area contributed by atoms with Crippen LogP contribution in [0, 0.1) is 0 Å². The van der Waals surface area contributed by atoms with Gasteiger partial charge < -0.3 is 10.1 Å². The molecule has 0 radical (unpaired) electrons. The number of hydrogen-bond acceptors (Lipinski definition) is 5. The number of hydrogen-bond donors (Lipinski definition) is 2. The van der Waals surface area contributed by atoms with E-state index in [1.165, 1.54) is 6.33 Å². The average molecular weight is 299 g/mol. The summed E-state index contributed by atoms with van der Waals surface area (Å²) in [6, 6.07) is -0.638. The number of imidazole rings is 1. The van der Waals surface area contributed by atoms with E-state index in [9.17, 15) is 14.7 Å². The van der Waals surface area contributed by atoms with E-state index in [4.69, 9.17) is 0 Å². The third-order valence-corrected chi connectivity index (χ3v) is 3.91. The molecule has 1 atom stereocenters. The van der Waals surface area contributed by atoms with E-state index in [1.54, 1.807) is 19.0 Å². The van der Waals surface area contributed by atoms with Gasteiger partial charge in [0.25, 0.3) is 0 Å². The third-order valence-electron chi connectivity index (χ3n) is 2.93. The highest BCUT2D eigenvalue weighted by Gasteiger charge is 2.23. The molecule has 0 saturated heterocycles. The lowest BCUT2D eigenvalue weighted by molar-refractivity contribution is -0.142. The second-order valence-corrected chi connectivity index (χ2v) is 5.83. The summed E-state index contributed by atoms with van der Waals surface area (Å²) in [7, 11) is 3.43. The number of nitrogens with one attached hydrogen (secondary N) is 1. The molecule has 0 aliphatic rings. The summed E-state index contributed by atoms with van der Waals surface area (Å²) in [6.07, 6.45) is 4.15. The van der Waals surface area contributed by atoms with Crippen LogP contribution in [-0.2, 0) is 16.0 Å². The fourth-order valence-electron chi connectivity index (χ4n) is 1.71. The molecular formula is C13H21N3O3S. The van der Waals surface area contributed by atoms with Crippen molar-refractivity contribution < 1.29 is 14.7 Å². The molecule has 1 rings (SSSR count). The van der Waals surface area contributed by atoms with E-state index >= 15 is 0 Å². The van der Waals surface area contributed by atoms with Crippen molar-refractivity contribution in [2.45, 2.75) is 43.7 Å². The van der Waals surface area contributed by atoms with E-state index < -0.39 is 12.0 Å². The molecule has 6 nitrogen and oxygen atoms in total. The molecule has 1 unspecified atom stereocenters. The van der Waals surface area contributed by atoms with Crippen LogP contribution < -0.4 is 0 Å². The molecule has 0 bridgehead atoms. The van der Waals surface area contributed by atoms with Crippen molar-refractivity contribution >= 4 is 22.8 Å². The van der Waals surface area contributed by atoms with Crippen molar-refractivity contribution in [3.05, 3.63) is 12.0 Å². The lowest BCUT2D eigenvalue weighted by Gasteiger charge is -2.19. The van der Waals surface area contributed by atoms with Crippen LogP contribution in [0.5, 0.6) is 0 Å². The SMILES string of the molecule is CCCCC(=O)Sc1nc[nH]c1CC(C(=O)O)N(C)C. The number of carbonyl (C=O) groups excluding carboxylic acids is 1. The van der Waals surface area contributed by atoms with Gasteiger partial charge in [0, 0.05) is 12.8 Å². The maximum absolute atomic E-state index is 11.8. The fourth-order valence-corrected chi connectivity index (χ4v) is 2.54. The van der Waals surface area contributed by atoms with Crippen molar-refractivity contribution in [3.63, 3.8) is 0 Å². The van der Waals surface area contributed by atoms with Crippen LogP contribution in [0.1, 0.15) is 31.9 Å². The minimum absolute atomic E-state index is 0.0666. The summed E-state index contributed by atoms with van der Waals surface area (Å²) in [5, 5.41) is 9.83. The molecule has 112 valence electrons. The normalized spacial score (nSPS) is 12.6. The van der Waals surface area contributed by atoms with Gasteiger partial charge in [-0.25, -0.2) is 4.98 Å². The monoisotopic (exact) mass is 299 g/mol. The molecular weight excluding hydrogens is 278 g/mol. The minimum atomic E-state index is -0.891. The lowest BCUT2D eigenvalue weighted by Crippen LogP contribution is -2.37. The molecule has 1 aromatic rings. The Morgan fingerprint density at radius 3 is 2.75 bits per heavy atom. The molecule has 0 aliphatic carbocycles. The summed E-state index contributed by atoms with van der Waals surface area (Å²) < 4.78 is 0. The molecule has 0 aromatic carbocycles. The van der Waals surface area contributed by atoms with Crippen LogP contribution in [0.3, 0.4) is 0 Å². The molecule has 1 aromatic heterocycles. The maximum Gasteiger partial charge on any atom is 0.321 e. The van der Waals surface area contributed by atoms with Crippen LogP contribution >= 0.6 is 11.8 Å². The molecule has 0 aliphatic heterocycles. The number of carbonyl (C=O) groups is 2. The summed E-state index contributed by atoms with van der Waals surface area (Å²) in [5.74, 6) is -0.891. The van der Waals surface area contributed by atoms with Gasteiger partial charge in [0.15, 0.2) is 5.12 Å². The maximum atomic E-state index is 11.8. The number of rotatable bonds is 8. The van der Waals surface area contributed by atoms with E-state index in [0.29, 0.717) is 23.6 Å². The number of aromatic amines is 1. The fraction of sp³-hybridized carbons (Fsp3) is 0.615. The number of thioether (sulfide) groups is 1. The molecule has 0 saturated carbocycles. The van der Waals surface area contributed by atoms with E-state index in [-0.39, 0.29) is 5.12 Å². The van der Waals surface area contributed by atoms with E-state index in [1.807, 2.05) is 6.92 Å². The van der Waals surface area contributed by atoms with Crippen LogP contribution in [0.4, 0.5) is 0 Å². The average Bonchev–Trinajstić information content (AvgIpc) is 2.79. The van der Waals surface area contributed by atoms with Gasteiger partial charge in [-0.2, -0.15) is 0 Å². The first-order valence-corrected chi connectivity index (χ1v) is 7.39. The van der Waals surface area contributed by atoms with Crippen molar-refractivity contribution in [3.8, 4) is 0 Å². The van der Waals surface area contributed by atoms with Gasteiger partial charge in [-0.05, 0) is 32.3 Å². The highest BCUT2D eigenvalue weighted by atomic mass is 32.2. The second kappa shape index (κ2) is 8.06. The number of unbranched alkanes of at least 4 members (excludes halogenated alkanes) is 1. The molecule has 20 heavy (non-hydrogen) atoms. The Morgan fingerprint density at radius 1 is 1.50 bits per heavy atom. The summed E-state index contributed by atoms with van der Waals surface area (Å²) >= 11 is 1.09. The Morgan fingerprint density at radius 2 is 2.20 bits per heavy atom. The lowest BCUT2D eigenvalue weighted by atomic mass is 10.1. The topological polar surface area (TPSA) is 86.3 Å². The second-order valence-electron chi connectivity index (χ2n) is 4.79. The van der Waals surface area contributed by atoms with Gasteiger partial charge in [0.05, 0.1) is 12.0 Å². The largest absolute Gasteiger partial charge is 0.480 e. The van der Waals surface area contributed by atoms with Gasteiger partial charge in [0.2, 0.25) is 0 Å². The molecule has 2 N–H and O–H groups in total. The first-order valence-electron chi connectivity index (χ1n) is 6.57. The van der Waals surface area contributed by atoms with Crippen LogP contribution in [0.25, 0.3) is 0 Å². The van der Waals surface area contributed by atoms with Gasteiger partial charge in [-0.3, -0.25) is 14.5 Å². The van der Waals surface area contributed by atoms with Crippen molar-refractivity contribution in [1.29, 1.82) is 0 Å². The first-order chi connectivity index (χ1) is 9.45. The van der Waals surface area contributed by atoms with Crippen molar-refractivity contribution in [2.75, 3.05) is 14.1 Å². The quantitative estimate of drug-likeness (QED) is 0.712. The predicted molar refractivity (Wildman–Crippen MR) is 77.8 cm³/mol. The Hall–Kier alpha value is -1.34. The predicted octanol–water partition coefficient (Wildman–Crippen LogP) is 1.78. The Labute approximate surface area is 123 Å². The number of aromatic nitrogens is 2. The number of H-pyrrole nitrogens is 1. The molecule has 0 amide bonds. The van der Waals surface area contributed by atoms with Gasteiger partial charge in [-0.1, -0.05) is 13.3 Å². The number of carboxylic acids is 1. The van der Waals surface area contributed by atoms with E-state index in [2.05, 4.69) is 9.97 Å². The zero-order valence-corrected chi connectivity index (χ0v) is 12.9. The van der Waals surface area contributed by atoms with Crippen LogP contribution in [0.15, 0.2) is 11.4 Å². The van der Waals surface area contributed by atoms with Crippen LogP contribution in [0.2, 0.25) is 0 Å². The Bertz CT molecular complexity index is 459. The van der Waals surface area contributed by atoms with E-state index in [0.717, 1.165) is 24.6 Å². The Kier molecular flexibility index (Phi) is 6.74. The standard InChI is InChI=1S/C13H21N3O3S/c1-4-5-6-11(17)20-12-9(14-8-15-12)7-10(13(18)19)16(2)3/h8,10H,4-7H2,1-3H3,(H,14,15)(H,18,19). The van der Waals surface area contributed by atoms with Crippen LogP contribution in [-0.4, -0.2) is 51.2 Å². The molecule has 0 spiro atoms.